The highest BCUT2D eigenvalue weighted by Gasteiger charge is 1.96. The van der Waals surface area contributed by atoms with Gasteiger partial charge in [0.25, 0.3) is 0 Å². The number of hydrogen-bond acceptors (Lipinski definition) is 2. The fraction of sp³-hybridized carbons (Fsp3) is 0.300. The largest absolute Gasteiger partial charge is 0.350 e. The highest BCUT2D eigenvalue weighted by Crippen LogP contribution is 2.09. The van der Waals surface area contributed by atoms with Crippen molar-refractivity contribution in [2.75, 3.05) is 0 Å². The average Bonchev–Trinajstić information content (AvgIpc) is 2.51. The molecule has 0 bridgehead atoms. The van der Waals surface area contributed by atoms with E-state index < -0.39 is 0 Å². The number of hydrogen-bond donors (Lipinski definition) is 1. The Hall–Kier alpha value is -1.09. The van der Waals surface area contributed by atoms with Gasteiger partial charge >= 0.3 is 0 Å². The van der Waals surface area contributed by atoms with Crippen molar-refractivity contribution in [3.05, 3.63) is 28.5 Å². The van der Waals surface area contributed by atoms with E-state index in [0.29, 0.717) is 0 Å². The molecule has 3 heteroatoms. The first-order chi connectivity index (χ1) is 6.18. The minimum Gasteiger partial charge on any atom is -0.350 e. The molecule has 1 aromatic heterocycles. The second-order valence-corrected chi connectivity index (χ2v) is 3.99. The van der Waals surface area contributed by atoms with E-state index in [-0.39, 0.29) is 11.9 Å². The predicted molar refractivity (Wildman–Crippen MR) is 56.6 cm³/mol. The highest BCUT2D eigenvalue weighted by molar-refractivity contribution is 7.10. The number of nitrogens with one attached hydrogen (secondary N) is 1. The van der Waals surface area contributed by atoms with Crippen LogP contribution in [0.5, 0.6) is 0 Å². The smallest absolute Gasteiger partial charge is 0.244 e. The topological polar surface area (TPSA) is 29.1 Å². The van der Waals surface area contributed by atoms with Crippen molar-refractivity contribution in [3.63, 3.8) is 0 Å². The molecule has 1 aromatic rings. The van der Waals surface area contributed by atoms with Crippen LogP contribution < -0.4 is 5.32 Å². The van der Waals surface area contributed by atoms with Gasteiger partial charge in [0.15, 0.2) is 0 Å². The highest BCUT2D eigenvalue weighted by atomic mass is 32.1. The molecule has 0 saturated heterocycles. The van der Waals surface area contributed by atoms with Gasteiger partial charge in [0.1, 0.15) is 0 Å². The monoisotopic (exact) mass is 195 g/mol. The predicted octanol–water partition coefficient (Wildman–Crippen LogP) is 2.29. The van der Waals surface area contributed by atoms with E-state index in [2.05, 4.69) is 5.32 Å². The Morgan fingerprint density at radius 3 is 2.92 bits per heavy atom. The van der Waals surface area contributed by atoms with Gasteiger partial charge in [-0.1, -0.05) is 6.07 Å². The van der Waals surface area contributed by atoms with Crippen LogP contribution in [0.15, 0.2) is 23.6 Å². The molecule has 13 heavy (non-hydrogen) atoms. The molecular formula is C10H13NOS. The fourth-order valence-corrected chi connectivity index (χ4v) is 1.49. The quantitative estimate of drug-likeness (QED) is 0.737. The molecule has 0 fully saturated rings. The van der Waals surface area contributed by atoms with Crippen LogP contribution in [0.1, 0.15) is 18.7 Å². The van der Waals surface area contributed by atoms with E-state index in [4.69, 9.17) is 0 Å². The Bertz CT molecular complexity index is 288. The number of rotatable bonds is 3. The van der Waals surface area contributed by atoms with Crippen LogP contribution in [-0.2, 0) is 4.79 Å². The maximum Gasteiger partial charge on any atom is 0.244 e. The molecule has 0 aliphatic carbocycles. The Balaban J connectivity index is 2.44. The number of thiophene rings is 1. The summed E-state index contributed by atoms with van der Waals surface area (Å²) in [5, 5.41) is 4.77. The molecule has 1 N–H and O–H groups in total. The lowest BCUT2D eigenvalue weighted by Gasteiger charge is -2.03. The van der Waals surface area contributed by atoms with E-state index >= 15 is 0 Å². The maximum absolute atomic E-state index is 11.2. The van der Waals surface area contributed by atoms with Crippen molar-refractivity contribution < 1.29 is 4.79 Å². The lowest BCUT2D eigenvalue weighted by Crippen LogP contribution is -2.28. The summed E-state index contributed by atoms with van der Waals surface area (Å²) >= 11 is 1.62. The first-order valence-corrected chi connectivity index (χ1v) is 5.08. The normalized spacial score (nSPS) is 11.0. The summed E-state index contributed by atoms with van der Waals surface area (Å²) in [5.41, 5.74) is 0. The third-order valence-corrected chi connectivity index (χ3v) is 2.21. The first kappa shape index (κ1) is 9.99. The molecule has 0 aromatic carbocycles. The molecule has 0 spiro atoms. The van der Waals surface area contributed by atoms with E-state index in [0.717, 1.165) is 4.88 Å². The number of carbonyl (C=O) groups excluding carboxylic acids is 1. The van der Waals surface area contributed by atoms with Gasteiger partial charge in [0.2, 0.25) is 5.91 Å². The van der Waals surface area contributed by atoms with Gasteiger partial charge in [-0.2, -0.15) is 0 Å². The number of carbonyl (C=O) groups is 1. The summed E-state index contributed by atoms with van der Waals surface area (Å²) in [6, 6.07) is 4.13. The average molecular weight is 195 g/mol. The summed E-state index contributed by atoms with van der Waals surface area (Å²) in [5.74, 6) is -0.0385. The van der Waals surface area contributed by atoms with Crippen molar-refractivity contribution in [2.45, 2.75) is 19.9 Å². The standard InChI is InChI=1S/C10H13NOS/c1-8(2)11-10(12)6-5-9-4-3-7-13-9/h3-8H,1-2H3,(H,11,12)/b6-5+. The van der Waals surface area contributed by atoms with Gasteiger partial charge < -0.3 is 5.32 Å². The third-order valence-electron chi connectivity index (χ3n) is 1.37. The molecule has 0 atom stereocenters. The Morgan fingerprint density at radius 1 is 1.62 bits per heavy atom. The van der Waals surface area contributed by atoms with E-state index in [1.807, 2.05) is 37.4 Å². The molecule has 1 rings (SSSR count). The lowest BCUT2D eigenvalue weighted by molar-refractivity contribution is -0.116. The summed E-state index contributed by atoms with van der Waals surface area (Å²) in [6.07, 6.45) is 3.38. The Labute approximate surface area is 82.3 Å². The Kier molecular flexibility index (Phi) is 3.71. The van der Waals surface area contributed by atoms with Gasteiger partial charge in [-0.3, -0.25) is 4.79 Å². The van der Waals surface area contributed by atoms with Gasteiger partial charge in [-0.25, -0.2) is 0 Å². The van der Waals surface area contributed by atoms with Gasteiger partial charge in [0, 0.05) is 17.0 Å². The van der Waals surface area contributed by atoms with Gasteiger partial charge in [0.05, 0.1) is 0 Å². The molecule has 0 unspecified atom stereocenters. The zero-order valence-corrected chi connectivity index (χ0v) is 8.60. The van der Waals surface area contributed by atoms with Crippen molar-refractivity contribution >= 4 is 23.3 Å². The maximum atomic E-state index is 11.2. The lowest BCUT2D eigenvalue weighted by atomic mass is 10.3. The van der Waals surface area contributed by atoms with Crippen LogP contribution in [0.25, 0.3) is 6.08 Å². The van der Waals surface area contributed by atoms with Crippen LogP contribution in [0, 0.1) is 0 Å². The zero-order chi connectivity index (χ0) is 9.68. The molecule has 70 valence electrons. The summed E-state index contributed by atoms with van der Waals surface area (Å²) in [7, 11) is 0. The fourth-order valence-electron chi connectivity index (χ4n) is 0.877. The Morgan fingerprint density at radius 2 is 2.38 bits per heavy atom. The molecule has 0 aliphatic heterocycles. The van der Waals surface area contributed by atoms with Crippen LogP contribution in [0.4, 0.5) is 0 Å². The molecule has 0 radical (unpaired) electrons. The molecule has 0 aliphatic rings. The minimum atomic E-state index is -0.0385. The minimum absolute atomic E-state index is 0.0385. The second kappa shape index (κ2) is 4.82. The summed E-state index contributed by atoms with van der Waals surface area (Å²) < 4.78 is 0. The molecule has 0 saturated carbocycles. The van der Waals surface area contributed by atoms with Crippen LogP contribution >= 0.6 is 11.3 Å². The third kappa shape index (κ3) is 3.90. The van der Waals surface area contributed by atoms with E-state index in [9.17, 15) is 4.79 Å². The van der Waals surface area contributed by atoms with E-state index in [1.54, 1.807) is 17.4 Å². The molecule has 1 heterocycles. The van der Waals surface area contributed by atoms with Crippen molar-refractivity contribution in [1.29, 1.82) is 0 Å². The van der Waals surface area contributed by atoms with Crippen LogP contribution in [0.2, 0.25) is 0 Å². The van der Waals surface area contributed by atoms with E-state index in [1.165, 1.54) is 0 Å². The summed E-state index contributed by atoms with van der Waals surface area (Å²) in [4.78, 5) is 12.3. The number of amides is 1. The van der Waals surface area contributed by atoms with Crippen molar-refractivity contribution in [1.82, 2.24) is 5.32 Å². The van der Waals surface area contributed by atoms with Crippen LogP contribution in [-0.4, -0.2) is 11.9 Å². The molecular weight excluding hydrogens is 182 g/mol. The van der Waals surface area contributed by atoms with Crippen LogP contribution in [0.3, 0.4) is 0 Å². The first-order valence-electron chi connectivity index (χ1n) is 4.20. The molecule has 2 nitrogen and oxygen atoms in total. The second-order valence-electron chi connectivity index (χ2n) is 3.01. The molecule has 1 amide bonds. The van der Waals surface area contributed by atoms with Gasteiger partial charge in [-0.15, -0.1) is 11.3 Å². The van der Waals surface area contributed by atoms with Crippen molar-refractivity contribution in [3.8, 4) is 0 Å². The SMILES string of the molecule is CC(C)NC(=O)/C=C/c1cccs1. The van der Waals surface area contributed by atoms with Gasteiger partial charge in [-0.05, 0) is 31.4 Å². The van der Waals surface area contributed by atoms with Crippen molar-refractivity contribution in [2.24, 2.45) is 0 Å². The summed E-state index contributed by atoms with van der Waals surface area (Å²) in [6.45, 7) is 3.88. The zero-order valence-electron chi connectivity index (χ0n) is 7.78.